The minimum Gasteiger partial charge on any atom is -0.271 e. The van der Waals surface area contributed by atoms with E-state index in [4.69, 9.17) is 0 Å². The number of aryl methyl sites for hydroxylation is 1. The Morgan fingerprint density at radius 2 is 1.76 bits per heavy atom. The Morgan fingerprint density at radius 1 is 1.04 bits per heavy atom. The van der Waals surface area contributed by atoms with Gasteiger partial charge in [-0.15, -0.1) is 0 Å². The zero-order valence-electron chi connectivity index (χ0n) is 13.5. The molecule has 0 saturated carbocycles. The van der Waals surface area contributed by atoms with E-state index in [-0.39, 0.29) is 11.4 Å². The SMILES string of the molecule is Cc1ccc(-c2nc3nc(Cc4ccc(F)cc4)cc(=O)n3[nH]2)cc1. The maximum Gasteiger partial charge on any atom is 0.274 e. The Kier molecular flexibility index (Phi) is 3.65. The number of halogens is 1. The molecule has 4 rings (SSSR count). The van der Waals surface area contributed by atoms with E-state index in [0.717, 1.165) is 16.7 Å². The summed E-state index contributed by atoms with van der Waals surface area (Å²) >= 11 is 0. The molecule has 0 aliphatic carbocycles. The Bertz CT molecular complexity index is 1100. The summed E-state index contributed by atoms with van der Waals surface area (Å²) in [5.74, 6) is 0.617. The number of hydrogen-bond donors (Lipinski definition) is 1. The van der Waals surface area contributed by atoms with E-state index in [2.05, 4.69) is 15.1 Å². The van der Waals surface area contributed by atoms with E-state index in [1.54, 1.807) is 12.1 Å². The fourth-order valence-electron chi connectivity index (χ4n) is 2.67. The van der Waals surface area contributed by atoms with Crippen molar-refractivity contribution in [1.29, 1.82) is 0 Å². The van der Waals surface area contributed by atoms with Gasteiger partial charge in [-0.1, -0.05) is 42.0 Å². The molecule has 1 N–H and O–H groups in total. The molecule has 0 saturated heterocycles. The molecule has 0 aliphatic heterocycles. The van der Waals surface area contributed by atoms with Crippen molar-refractivity contribution >= 4 is 5.78 Å². The number of nitrogens with one attached hydrogen (secondary N) is 1. The zero-order chi connectivity index (χ0) is 17.4. The van der Waals surface area contributed by atoms with Crippen LogP contribution in [0.1, 0.15) is 16.8 Å². The van der Waals surface area contributed by atoms with Gasteiger partial charge in [-0.2, -0.15) is 9.50 Å². The van der Waals surface area contributed by atoms with E-state index in [9.17, 15) is 9.18 Å². The summed E-state index contributed by atoms with van der Waals surface area (Å²) in [6, 6.07) is 15.5. The van der Waals surface area contributed by atoms with Crippen LogP contribution in [0.15, 0.2) is 59.4 Å². The minimum atomic E-state index is -0.290. The van der Waals surface area contributed by atoms with Crippen molar-refractivity contribution in [2.75, 3.05) is 0 Å². The normalized spacial score (nSPS) is 11.1. The van der Waals surface area contributed by atoms with Crippen LogP contribution in [0.5, 0.6) is 0 Å². The van der Waals surface area contributed by atoms with Crippen molar-refractivity contribution in [3.8, 4) is 11.4 Å². The molecule has 4 aromatic rings. The maximum atomic E-state index is 13.0. The lowest BCUT2D eigenvalue weighted by molar-refractivity contribution is 0.627. The Labute approximate surface area is 142 Å². The number of benzene rings is 2. The Hall–Kier alpha value is -3.28. The van der Waals surface area contributed by atoms with E-state index >= 15 is 0 Å². The molecule has 0 amide bonds. The predicted octanol–water partition coefficient (Wildman–Crippen LogP) is 3.12. The summed E-state index contributed by atoms with van der Waals surface area (Å²) in [6.45, 7) is 2.01. The molecule has 2 heterocycles. The Balaban J connectivity index is 1.72. The third-order valence-corrected chi connectivity index (χ3v) is 4.01. The second-order valence-electron chi connectivity index (χ2n) is 5.96. The fraction of sp³-hybridized carbons (Fsp3) is 0.105. The third kappa shape index (κ3) is 3.06. The molecule has 5 nitrogen and oxygen atoms in total. The van der Waals surface area contributed by atoms with Gasteiger partial charge in [0.05, 0.1) is 5.69 Å². The summed E-state index contributed by atoms with van der Waals surface area (Å²) in [5, 5.41) is 2.98. The van der Waals surface area contributed by atoms with Gasteiger partial charge in [0.1, 0.15) is 5.82 Å². The molecule has 6 heteroatoms. The first-order valence-corrected chi connectivity index (χ1v) is 7.89. The average molecular weight is 334 g/mol. The van der Waals surface area contributed by atoms with E-state index in [1.807, 2.05) is 31.2 Å². The lowest BCUT2D eigenvalue weighted by atomic mass is 10.1. The van der Waals surface area contributed by atoms with Gasteiger partial charge in [0.15, 0.2) is 5.82 Å². The molecular weight excluding hydrogens is 319 g/mol. The molecule has 0 atom stereocenters. The second kappa shape index (κ2) is 5.98. The first kappa shape index (κ1) is 15.3. The molecule has 0 aliphatic rings. The highest BCUT2D eigenvalue weighted by atomic mass is 19.1. The van der Waals surface area contributed by atoms with Crippen LogP contribution in [0.2, 0.25) is 0 Å². The predicted molar refractivity (Wildman–Crippen MR) is 93.0 cm³/mol. The summed E-state index contributed by atoms with van der Waals surface area (Å²) in [6.07, 6.45) is 0.443. The standard InChI is InChI=1S/C19H15FN4O/c1-12-2-6-14(7-3-12)18-22-19-21-16(11-17(25)24(19)23-18)10-13-4-8-15(20)9-5-13/h2-9,11H,10H2,1H3,(H,21,22,23). The van der Waals surface area contributed by atoms with Gasteiger partial charge in [0.2, 0.25) is 0 Å². The van der Waals surface area contributed by atoms with Gasteiger partial charge < -0.3 is 0 Å². The number of aromatic amines is 1. The highest BCUT2D eigenvalue weighted by Crippen LogP contribution is 2.16. The third-order valence-electron chi connectivity index (χ3n) is 4.01. The highest BCUT2D eigenvalue weighted by Gasteiger charge is 2.10. The topological polar surface area (TPSA) is 63.1 Å². The first-order chi connectivity index (χ1) is 12.1. The van der Waals surface area contributed by atoms with Crippen LogP contribution >= 0.6 is 0 Å². The minimum absolute atomic E-state index is 0.229. The van der Waals surface area contributed by atoms with E-state index in [0.29, 0.717) is 23.7 Å². The molecule has 2 aromatic carbocycles. The lowest BCUT2D eigenvalue weighted by Gasteiger charge is -2.01. The number of rotatable bonds is 3. The van der Waals surface area contributed by atoms with Crippen LogP contribution in [0.25, 0.3) is 17.2 Å². The summed E-state index contributed by atoms with van der Waals surface area (Å²) < 4.78 is 14.3. The molecule has 124 valence electrons. The van der Waals surface area contributed by atoms with Crippen LogP contribution in [0.3, 0.4) is 0 Å². The smallest absolute Gasteiger partial charge is 0.271 e. The van der Waals surface area contributed by atoms with Crippen LogP contribution in [0, 0.1) is 12.7 Å². The van der Waals surface area contributed by atoms with E-state index in [1.165, 1.54) is 22.7 Å². The number of aromatic nitrogens is 4. The lowest BCUT2D eigenvalue weighted by Crippen LogP contribution is -2.15. The van der Waals surface area contributed by atoms with Crippen LogP contribution in [0.4, 0.5) is 4.39 Å². The van der Waals surface area contributed by atoms with Crippen molar-refractivity contribution in [3.05, 3.63) is 87.6 Å². The molecule has 2 aromatic heterocycles. The van der Waals surface area contributed by atoms with Crippen LogP contribution in [-0.2, 0) is 6.42 Å². The van der Waals surface area contributed by atoms with Crippen molar-refractivity contribution in [2.45, 2.75) is 13.3 Å². The fourth-order valence-corrected chi connectivity index (χ4v) is 2.67. The van der Waals surface area contributed by atoms with Gasteiger partial charge in [-0.3, -0.25) is 9.89 Å². The van der Waals surface area contributed by atoms with Gasteiger partial charge >= 0.3 is 0 Å². The van der Waals surface area contributed by atoms with Crippen molar-refractivity contribution in [1.82, 2.24) is 19.6 Å². The van der Waals surface area contributed by atoms with Gasteiger partial charge in [0.25, 0.3) is 11.3 Å². The molecule has 0 spiro atoms. The van der Waals surface area contributed by atoms with Crippen LogP contribution < -0.4 is 5.56 Å². The summed E-state index contributed by atoms with van der Waals surface area (Å²) in [4.78, 5) is 21.2. The zero-order valence-corrected chi connectivity index (χ0v) is 13.5. The molecule has 0 bridgehead atoms. The average Bonchev–Trinajstić information content (AvgIpc) is 3.02. The summed E-state index contributed by atoms with van der Waals surface area (Å²) in [5.41, 5.74) is 3.28. The number of fused-ring (bicyclic) bond motifs is 1. The maximum absolute atomic E-state index is 13.0. The summed E-state index contributed by atoms with van der Waals surface area (Å²) in [7, 11) is 0. The number of H-pyrrole nitrogens is 1. The van der Waals surface area contributed by atoms with Crippen molar-refractivity contribution < 1.29 is 4.39 Å². The Morgan fingerprint density at radius 3 is 2.48 bits per heavy atom. The molecule has 0 unspecified atom stereocenters. The molecular formula is C19H15FN4O. The molecule has 25 heavy (non-hydrogen) atoms. The van der Waals surface area contributed by atoms with E-state index < -0.39 is 0 Å². The first-order valence-electron chi connectivity index (χ1n) is 7.89. The second-order valence-corrected chi connectivity index (χ2v) is 5.96. The monoisotopic (exact) mass is 334 g/mol. The number of hydrogen-bond acceptors (Lipinski definition) is 3. The largest absolute Gasteiger partial charge is 0.274 e. The molecule has 0 radical (unpaired) electrons. The van der Waals surface area contributed by atoms with Crippen molar-refractivity contribution in [3.63, 3.8) is 0 Å². The van der Waals surface area contributed by atoms with Gasteiger partial charge in [-0.25, -0.2) is 9.37 Å². The highest BCUT2D eigenvalue weighted by molar-refractivity contribution is 5.57. The van der Waals surface area contributed by atoms with Crippen molar-refractivity contribution in [2.24, 2.45) is 0 Å². The number of nitrogens with zero attached hydrogens (tertiary/aromatic N) is 3. The van der Waals surface area contributed by atoms with Crippen LogP contribution in [-0.4, -0.2) is 19.6 Å². The quantitative estimate of drug-likeness (QED) is 0.626. The van der Waals surface area contributed by atoms with Gasteiger partial charge in [-0.05, 0) is 24.6 Å². The molecule has 0 fully saturated rings. The van der Waals surface area contributed by atoms with Gasteiger partial charge in [0, 0.05) is 18.1 Å².